The Balaban J connectivity index is 2.08. The molecule has 4 nitrogen and oxygen atoms in total. The van der Waals surface area contributed by atoms with Crippen molar-refractivity contribution in [3.05, 3.63) is 33.1 Å². The smallest absolute Gasteiger partial charge is 0.295 e. The van der Waals surface area contributed by atoms with E-state index in [0.29, 0.717) is 12.5 Å². The normalized spacial score (nSPS) is 15.2. The number of anilines is 1. The molecule has 0 bridgehead atoms. The first-order valence-corrected chi connectivity index (χ1v) is 6.33. The van der Waals surface area contributed by atoms with E-state index in [1.807, 2.05) is 0 Å². The van der Waals surface area contributed by atoms with Gasteiger partial charge < -0.3 is 5.32 Å². The number of hydrogen-bond donors (Lipinski definition) is 1. The molecule has 0 heterocycles. The van der Waals surface area contributed by atoms with E-state index in [2.05, 4.69) is 5.32 Å². The van der Waals surface area contributed by atoms with Crippen molar-refractivity contribution in [2.45, 2.75) is 25.7 Å². The average molecular weight is 273 g/mol. The van der Waals surface area contributed by atoms with Crippen molar-refractivity contribution in [3.63, 3.8) is 0 Å². The van der Waals surface area contributed by atoms with Crippen LogP contribution in [0.15, 0.2) is 12.1 Å². The Bertz CT molecular complexity index is 464. The summed E-state index contributed by atoms with van der Waals surface area (Å²) in [5.41, 5.74) is -0.377. The van der Waals surface area contributed by atoms with Crippen LogP contribution in [0.3, 0.4) is 0 Å². The van der Waals surface area contributed by atoms with E-state index < -0.39 is 10.7 Å². The van der Waals surface area contributed by atoms with Gasteiger partial charge in [-0.15, -0.1) is 0 Å². The highest BCUT2D eigenvalue weighted by Crippen LogP contribution is 2.33. The molecule has 6 heteroatoms. The molecule has 1 aliphatic rings. The molecule has 18 heavy (non-hydrogen) atoms. The molecule has 1 aromatic carbocycles. The second kappa shape index (κ2) is 5.52. The molecule has 2 rings (SSSR count). The van der Waals surface area contributed by atoms with Crippen molar-refractivity contribution in [2.75, 3.05) is 11.9 Å². The van der Waals surface area contributed by atoms with E-state index in [0.717, 1.165) is 6.42 Å². The van der Waals surface area contributed by atoms with Gasteiger partial charge in [-0.1, -0.05) is 30.9 Å². The van der Waals surface area contributed by atoms with Crippen LogP contribution in [0, 0.1) is 21.8 Å². The minimum atomic E-state index is -0.750. The molecule has 0 amide bonds. The van der Waals surface area contributed by atoms with Crippen LogP contribution in [0.4, 0.5) is 15.8 Å². The number of nitro groups is 1. The molecule has 0 spiro atoms. The van der Waals surface area contributed by atoms with Gasteiger partial charge in [-0.3, -0.25) is 10.1 Å². The number of benzene rings is 1. The molecular weight excluding hydrogens is 259 g/mol. The first-order chi connectivity index (χ1) is 8.59. The summed E-state index contributed by atoms with van der Waals surface area (Å²) in [6.07, 6.45) is 4.54. The van der Waals surface area contributed by atoms with Crippen LogP contribution >= 0.6 is 11.6 Å². The number of rotatable bonds is 5. The summed E-state index contributed by atoms with van der Waals surface area (Å²) in [6, 6.07) is 2.42. The number of halogens is 2. The van der Waals surface area contributed by atoms with Gasteiger partial charge in [0.25, 0.3) is 5.69 Å². The largest absolute Gasteiger partial charge is 0.377 e. The summed E-state index contributed by atoms with van der Waals surface area (Å²) in [5, 5.41) is 13.5. The van der Waals surface area contributed by atoms with E-state index in [1.54, 1.807) is 0 Å². The van der Waals surface area contributed by atoms with Gasteiger partial charge in [0.15, 0.2) is 11.5 Å². The first kappa shape index (κ1) is 13.1. The van der Waals surface area contributed by atoms with Crippen LogP contribution in [0.5, 0.6) is 0 Å². The molecule has 1 N–H and O–H groups in total. The Kier molecular flexibility index (Phi) is 4.01. The Hall–Kier alpha value is -1.36. The molecule has 0 atom stereocenters. The molecule has 98 valence electrons. The summed E-state index contributed by atoms with van der Waals surface area (Å²) in [7, 11) is 0. The highest BCUT2D eigenvalue weighted by molar-refractivity contribution is 6.31. The van der Waals surface area contributed by atoms with Crippen molar-refractivity contribution in [1.82, 2.24) is 0 Å². The van der Waals surface area contributed by atoms with E-state index in [4.69, 9.17) is 11.6 Å². The van der Waals surface area contributed by atoms with Crippen LogP contribution in [-0.4, -0.2) is 11.5 Å². The number of nitrogens with one attached hydrogen (secondary N) is 1. The fourth-order valence-electron chi connectivity index (χ4n) is 2.04. The van der Waals surface area contributed by atoms with Gasteiger partial charge >= 0.3 is 0 Å². The van der Waals surface area contributed by atoms with Gasteiger partial charge in [-0.2, -0.15) is 0 Å². The Morgan fingerprint density at radius 1 is 1.50 bits per heavy atom. The van der Waals surface area contributed by atoms with Crippen molar-refractivity contribution in [2.24, 2.45) is 5.92 Å². The maximum Gasteiger partial charge on any atom is 0.295 e. The van der Waals surface area contributed by atoms with Crippen LogP contribution in [-0.2, 0) is 0 Å². The molecule has 1 aromatic rings. The molecular formula is C12H14ClFN2O2. The first-order valence-electron chi connectivity index (χ1n) is 5.96. The quantitative estimate of drug-likeness (QED) is 0.651. The highest BCUT2D eigenvalue weighted by atomic mass is 35.5. The molecule has 1 aliphatic carbocycles. The fourth-order valence-corrected chi connectivity index (χ4v) is 2.20. The Labute approximate surface area is 109 Å². The number of hydrogen-bond acceptors (Lipinski definition) is 3. The van der Waals surface area contributed by atoms with E-state index >= 15 is 0 Å². The minimum Gasteiger partial charge on any atom is -0.377 e. The predicted octanol–water partition coefficient (Wildman–Crippen LogP) is 3.99. The lowest BCUT2D eigenvalue weighted by Crippen LogP contribution is -2.16. The van der Waals surface area contributed by atoms with Crippen LogP contribution in [0.2, 0.25) is 5.02 Å². The summed E-state index contributed by atoms with van der Waals surface area (Å²) >= 11 is 5.63. The maximum absolute atomic E-state index is 13.7. The Morgan fingerprint density at radius 2 is 2.22 bits per heavy atom. The fraction of sp³-hybridized carbons (Fsp3) is 0.500. The summed E-state index contributed by atoms with van der Waals surface area (Å²) in [6.45, 7) is 0.531. The zero-order chi connectivity index (χ0) is 13.1. The minimum absolute atomic E-state index is 0.105. The molecule has 0 radical (unpaired) electrons. The van der Waals surface area contributed by atoms with E-state index in [-0.39, 0.29) is 16.4 Å². The lowest BCUT2D eigenvalue weighted by atomic mass is 9.83. The monoisotopic (exact) mass is 272 g/mol. The predicted molar refractivity (Wildman–Crippen MR) is 68.5 cm³/mol. The van der Waals surface area contributed by atoms with E-state index in [9.17, 15) is 14.5 Å². The Morgan fingerprint density at radius 3 is 2.78 bits per heavy atom. The number of nitro benzene ring substituents is 1. The van der Waals surface area contributed by atoms with Crippen LogP contribution in [0.25, 0.3) is 0 Å². The molecule has 0 aliphatic heterocycles. The standard InChI is InChI=1S/C12H14ClFN2O2/c13-9-4-5-10(16(17)18)12(11(9)14)15-7-6-8-2-1-3-8/h4-5,8,15H,1-3,6-7H2. The third kappa shape index (κ3) is 2.72. The van der Waals surface area contributed by atoms with Crippen molar-refractivity contribution >= 4 is 23.0 Å². The van der Waals surface area contributed by atoms with Crippen LogP contribution in [0.1, 0.15) is 25.7 Å². The molecule has 0 saturated heterocycles. The van der Waals surface area contributed by atoms with Gasteiger partial charge in [0.2, 0.25) is 0 Å². The van der Waals surface area contributed by atoms with Gasteiger partial charge in [0.1, 0.15) is 0 Å². The highest BCUT2D eigenvalue weighted by Gasteiger charge is 2.21. The van der Waals surface area contributed by atoms with Gasteiger partial charge in [0, 0.05) is 12.6 Å². The second-order valence-electron chi connectivity index (χ2n) is 4.52. The SMILES string of the molecule is O=[N+]([O-])c1ccc(Cl)c(F)c1NCCC1CCC1. The maximum atomic E-state index is 13.7. The van der Waals surface area contributed by atoms with Crippen molar-refractivity contribution in [3.8, 4) is 0 Å². The van der Waals surface area contributed by atoms with Crippen molar-refractivity contribution < 1.29 is 9.31 Å². The van der Waals surface area contributed by atoms with E-state index in [1.165, 1.54) is 31.4 Å². The third-order valence-corrected chi connectivity index (χ3v) is 3.64. The van der Waals surface area contributed by atoms with Crippen LogP contribution < -0.4 is 5.32 Å². The summed E-state index contributed by atoms with van der Waals surface area (Å²) < 4.78 is 13.7. The van der Waals surface area contributed by atoms with Crippen molar-refractivity contribution in [1.29, 1.82) is 0 Å². The zero-order valence-electron chi connectivity index (χ0n) is 9.79. The molecule has 0 unspecified atom stereocenters. The van der Waals surface area contributed by atoms with Gasteiger partial charge in [0.05, 0.1) is 9.95 Å². The average Bonchev–Trinajstić information content (AvgIpc) is 2.26. The molecule has 1 fully saturated rings. The third-order valence-electron chi connectivity index (χ3n) is 3.35. The topological polar surface area (TPSA) is 55.2 Å². The molecule has 0 aromatic heterocycles. The zero-order valence-corrected chi connectivity index (χ0v) is 10.5. The van der Waals surface area contributed by atoms with Gasteiger partial charge in [-0.25, -0.2) is 4.39 Å². The van der Waals surface area contributed by atoms with Gasteiger partial charge in [-0.05, 0) is 18.4 Å². The lowest BCUT2D eigenvalue weighted by Gasteiger charge is -2.25. The summed E-state index contributed by atoms with van der Waals surface area (Å²) in [5.74, 6) is -0.0849. The second-order valence-corrected chi connectivity index (χ2v) is 4.93. The lowest BCUT2D eigenvalue weighted by molar-refractivity contribution is -0.384. The summed E-state index contributed by atoms with van der Waals surface area (Å²) in [4.78, 5) is 10.2. The number of nitrogens with zero attached hydrogens (tertiary/aromatic N) is 1. The molecule has 1 saturated carbocycles.